The van der Waals surface area contributed by atoms with Crippen molar-refractivity contribution in [3.63, 3.8) is 0 Å². The van der Waals surface area contributed by atoms with Crippen LogP contribution in [-0.4, -0.2) is 31.6 Å². The van der Waals surface area contributed by atoms with E-state index in [1.165, 1.54) is 0 Å². The van der Waals surface area contributed by atoms with E-state index in [0.29, 0.717) is 30.8 Å². The molecule has 2 aromatic rings. The molecule has 0 fully saturated rings. The van der Waals surface area contributed by atoms with Gasteiger partial charge in [-0.2, -0.15) is 0 Å². The summed E-state index contributed by atoms with van der Waals surface area (Å²) in [6.07, 6.45) is 1.13. The highest BCUT2D eigenvalue weighted by Gasteiger charge is 2.42. The number of allylic oxidation sites excluding steroid dienone is 3. The number of ether oxygens (including phenoxy) is 2. The van der Waals surface area contributed by atoms with Gasteiger partial charge in [0.2, 0.25) is 0 Å². The topological polar surface area (TPSA) is 64.6 Å². The van der Waals surface area contributed by atoms with E-state index >= 15 is 0 Å². The molecule has 0 amide bonds. The molecule has 2 aliphatic rings. The summed E-state index contributed by atoms with van der Waals surface area (Å²) >= 11 is 3.64. The minimum absolute atomic E-state index is 0.0606. The number of esters is 1. The van der Waals surface area contributed by atoms with Crippen LogP contribution in [0, 0.1) is 0 Å². The van der Waals surface area contributed by atoms with Gasteiger partial charge in [0.15, 0.2) is 5.78 Å². The summed E-state index contributed by atoms with van der Waals surface area (Å²) in [5.74, 6) is -0.742. The molecule has 172 valence electrons. The predicted octanol–water partition coefficient (Wildman–Crippen LogP) is 5.39. The highest BCUT2D eigenvalue weighted by atomic mass is 79.9. The molecule has 6 heteroatoms. The number of carbonyl (C=O) groups excluding carboxylic acids is 2. The maximum Gasteiger partial charge on any atom is 0.336 e. The van der Waals surface area contributed by atoms with Crippen molar-refractivity contribution >= 4 is 27.7 Å². The molecule has 2 atom stereocenters. The first-order valence-electron chi connectivity index (χ1n) is 11.3. The van der Waals surface area contributed by atoms with Gasteiger partial charge in [-0.05, 0) is 43.4 Å². The second-order valence-electron chi connectivity index (χ2n) is 8.28. The van der Waals surface area contributed by atoms with Crippen LogP contribution in [0.25, 0.3) is 0 Å². The summed E-state index contributed by atoms with van der Waals surface area (Å²) in [6, 6.07) is 17.9. The lowest BCUT2D eigenvalue weighted by Gasteiger charge is -2.37. The molecule has 1 aliphatic carbocycles. The largest absolute Gasteiger partial charge is 0.460 e. The number of carbonyl (C=O) groups is 2. The molecular formula is C27H28BrNO4. The van der Waals surface area contributed by atoms with E-state index in [-0.39, 0.29) is 18.3 Å². The van der Waals surface area contributed by atoms with Gasteiger partial charge in [0.25, 0.3) is 0 Å². The van der Waals surface area contributed by atoms with Crippen LogP contribution in [0.2, 0.25) is 0 Å². The van der Waals surface area contributed by atoms with E-state index in [1.54, 1.807) is 0 Å². The van der Waals surface area contributed by atoms with Gasteiger partial charge in [0.05, 0.1) is 12.2 Å². The van der Waals surface area contributed by atoms with Gasteiger partial charge in [-0.25, -0.2) is 4.79 Å². The Bertz CT molecular complexity index is 1110. The number of nitrogens with one attached hydrogen (secondary N) is 1. The summed E-state index contributed by atoms with van der Waals surface area (Å²) in [6.45, 7) is 4.85. The monoisotopic (exact) mass is 509 g/mol. The third-order valence-electron chi connectivity index (χ3n) is 6.20. The fourth-order valence-electron chi connectivity index (χ4n) is 4.71. The lowest BCUT2D eigenvalue weighted by atomic mass is 9.72. The number of benzene rings is 2. The Morgan fingerprint density at radius 2 is 1.79 bits per heavy atom. The molecule has 0 bridgehead atoms. The van der Waals surface area contributed by atoms with Crippen LogP contribution in [0.3, 0.4) is 0 Å². The van der Waals surface area contributed by atoms with E-state index in [1.807, 2.05) is 56.3 Å². The van der Waals surface area contributed by atoms with E-state index < -0.39 is 11.9 Å². The number of ketones is 1. The van der Waals surface area contributed by atoms with E-state index in [4.69, 9.17) is 9.47 Å². The Balaban J connectivity index is 1.73. The SMILES string of the molecule is CCOCCOC(=O)C1=C(C)NC2=C(C(=O)C[C@H](c3ccccc3)C2)[C@H]1c1ccccc1Br. The van der Waals surface area contributed by atoms with Crippen LogP contribution in [0.4, 0.5) is 0 Å². The molecule has 0 aromatic heterocycles. The first-order valence-corrected chi connectivity index (χ1v) is 12.1. The molecule has 0 saturated carbocycles. The van der Waals surface area contributed by atoms with Crippen LogP contribution in [0.5, 0.6) is 0 Å². The van der Waals surface area contributed by atoms with Gasteiger partial charge in [-0.1, -0.05) is 64.5 Å². The van der Waals surface area contributed by atoms with E-state index in [0.717, 1.165) is 33.4 Å². The van der Waals surface area contributed by atoms with Gasteiger partial charge in [-0.15, -0.1) is 0 Å². The number of halogens is 1. The Morgan fingerprint density at radius 3 is 2.52 bits per heavy atom. The lowest BCUT2D eigenvalue weighted by Crippen LogP contribution is -2.36. The fourth-order valence-corrected chi connectivity index (χ4v) is 5.22. The average molecular weight is 510 g/mol. The Kier molecular flexibility index (Phi) is 7.46. The molecule has 5 nitrogen and oxygen atoms in total. The molecule has 0 radical (unpaired) electrons. The summed E-state index contributed by atoms with van der Waals surface area (Å²) in [7, 11) is 0. The van der Waals surface area contributed by atoms with Gasteiger partial charge < -0.3 is 14.8 Å². The third kappa shape index (κ3) is 4.97. The summed E-state index contributed by atoms with van der Waals surface area (Å²) in [4.78, 5) is 26.8. The zero-order valence-electron chi connectivity index (χ0n) is 18.9. The van der Waals surface area contributed by atoms with Crippen molar-refractivity contribution in [2.45, 2.75) is 38.5 Å². The Hall–Kier alpha value is -2.70. The minimum atomic E-state index is -0.486. The molecule has 2 aromatic carbocycles. The summed E-state index contributed by atoms with van der Waals surface area (Å²) < 4.78 is 11.7. The van der Waals surface area contributed by atoms with Crippen molar-refractivity contribution in [2.75, 3.05) is 19.8 Å². The number of hydrogen-bond acceptors (Lipinski definition) is 5. The molecule has 1 N–H and O–H groups in total. The van der Waals surface area contributed by atoms with E-state index in [9.17, 15) is 9.59 Å². The van der Waals surface area contributed by atoms with Crippen molar-refractivity contribution in [3.05, 3.63) is 92.7 Å². The van der Waals surface area contributed by atoms with Gasteiger partial charge in [0, 0.05) is 40.4 Å². The van der Waals surface area contributed by atoms with Crippen molar-refractivity contribution < 1.29 is 19.1 Å². The first-order chi connectivity index (χ1) is 16.0. The van der Waals surface area contributed by atoms with Crippen LogP contribution in [-0.2, 0) is 19.1 Å². The van der Waals surface area contributed by atoms with Gasteiger partial charge in [-0.3, -0.25) is 4.79 Å². The fraction of sp³-hybridized carbons (Fsp3) is 0.333. The average Bonchev–Trinajstić information content (AvgIpc) is 2.81. The number of hydrogen-bond donors (Lipinski definition) is 1. The van der Waals surface area contributed by atoms with Crippen LogP contribution >= 0.6 is 15.9 Å². The third-order valence-corrected chi connectivity index (χ3v) is 6.92. The zero-order valence-corrected chi connectivity index (χ0v) is 20.5. The van der Waals surface area contributed by atoms with Gasteiger partial charge in [0.1, 0.15) is 6.61 Å². The molecule has 1 aliphatic heterocycles. The first kappa shape index (κ1) is 23.5. The quantitative estimate of drug-likeness (QED) is 0.400. The van der Waals surface area contributed by atoms with Crippen molar-refractivity contribution in [3.8, 4) is 0 Å². The molecular weight excluding hydrogens is 482 g/mol. The van der Waals surface area contributed by atoms with Crippen LogP contribution < -0.4 is 5.32 Å². The van der Waals surface area contributed by atoms with Crippen LogP contribution in [0.1, 0.15) is 49.7 Å². The standard InChI is InChI=1S/C27H28BrNO4/c1-3-32-13-14-33-27(31)24-17(2)29-22-15-19(18-9-5-4-6-10-18)16-23(30)26(22)25(24)20-11-7-8-12-21(20)28/h4-12,19,25,29H,3,13-16H2,1-2H3/t19-,25+/m1/s1. The smallest absolute Gasteiger partial charge is 0.336 e. The minimum Gasteiger partial charge on any atom is -0.460 e. The number of Topliss-reactive ketones (excluding diaryl/α,β-unsaturated/α-hetero) is 1. The molecule has 4 rings (SSSR count). The van der Waals surface area contributed by atoms with E-state index in [2.05, 4.69) is 33.4 Å². The summed E-state index contributed by atoms with van der Waals surface area (Å²) in [5, 5.41) is 3.39. The lowest BCUT2D eigenvalue weighted by molar-refractivity contribution is -0.140. The second-order valence-corrected chi connectivity index (χ2v) is 9.14. The van der Waals surface area contributed by atoms with Crippen LogP contribution in [0.15, 0.2) is 81.6 Å². The Morgan fingerprint density at radius 1 is 1.06 bits per heavy atom. The predicted molar refractivity (Wildman–Crippen MR) is 131 cm³/mol. The van der Waals surface area contributed by atoms with Crippen molar-refractivity contribution in [2.24, 2.45) is 0 Å². The molecule has 1 heterocycles. The number of dihydropyridines is 1. The molecule has 0 unspecified atom stereocenters. The van der Waals surface area contributed by atoms with Crippen molar-refractivity contribution in [1.29, 1.82) is 0 Å². The molecule has 0 saturated heterocycles. The molecule has 0 spiro atoms. The normalized spacial score (nSPS) is 20.4. The maximum atomic E-state index is 13.6. The second kappa shape index (κ2) is 10.5. The van der Waals surface area contributed by atoms with Crippen molar-refractivity contribution in [1.82, 2.24) is 5.32 Å². The highest BCUT2D eigenvalue weighted by Crippen LogP contribution is 2.47. The molecule has 33 heavy (non-hydrogen) atoms. The summed E-state index contributed by atoms with van der Waals surface area (Å²) in [5.41, 5.74) is 4.79. The zero-order chi connectivity index (χ0) is 23.4. The Labute approximate surface area is 203 Å². The number of rotatable bonds is 7. The highest BCUT2D eigenvalue weighted by molar-refractivity contribution is 9.10. The van der Waals surface area contributed by atoms with Gasteiger partial charge >= 0.3 is 5.97 Å². The maximum absolute atomic E-state index is 13.6.